The molecular formula is C18H13ClF2N4O. The van der Waals surface area contributed by atoms with E-state index >= 15 is 0 Å². The van der Waals surface area contributed by atoms with E-state index in [0.717, 1.165) is 17.7 Å². The number of carbonyl (C=O) groups is 1. The minimum Gasteiger partial charge on any atom is -0.347 e. The van der Waals surface area contributed by atoms with E-state index in [4.69, 9.17) is 11.6 Å². The summed E-state index contributed by atoms with van der Waals surface area (Å²) in [6.07, 6.45) is 1.39. The van der Waals surface area contributed by atoms with Crippen molar-refractivity contribution in [3.05, 3.63) is 82.6 Å². The van der Waals surface area contributed by atoms with Crippen molar-refractivity contribution in [1.29, 1.82) is 0 Å². The van der Waals surface area contributed by atoms with Crippen LogP contribution in [0.5, 0.6) is 0 Å². The van der Waals surface area contributed by atoms with E-state index in [0.29, 0.717) is 5.02 Å². The summed E-state index contributed by atoms with van der Waals surface area (Å²) >= 11 is 6.05. The van der Waals surface area contributed by atoms with Gasteiger partial charge in [0.05, 0.1) is 0 Å². The molecule has 1 heterocycles. The van der Waals surface area contributed by atoms with Gasteiger partial charge in [0, 0.05) is 29.5 Å². The Balaban J connectivity index is 1.69. The van der Waals surface area contributed by atoms with Gasteiger partial charge in [-0.15, -0.1) is 0 Å². The van der Waals surface area contributed by atoms with Crippen molar-refractivity contribution < 1.29 is 13.6 Å². The summed E-state index contributed by atoms with van der Waals surface area (Å²) in [7, 11) is 0. The second kappa shape index (κ2) is 7.88. The number of hydrogen-bond donors (Lipinski definition) is 2. The fourth-order valence-electron chi connectivity index (χ4n) is 2.16. The lowest BCUT2D eigenvalue weighted by Gasteiger charge is -2.08. The standard InChI is InChI=1S/C18H13ClF2N4O/c19-13-4-2-1-3-11(13)10-23-17(26)16-7-8-22-18(25-16)24-12-5-6-14(20)15(21)9-12/h1-9H,10H2,(H,23,26)(H,22,24,25). The van der Waals surface area contributed by atoms with Crippen LogP contribution < -0.4 is 10.6 Å². The van der Waals surface area contributed by atoms with Crippen molar-refractivity contribution in [1.82, 2.24) is 15.3 Å². The number of nitrogens with zero attached hydrogens (tertiary/aromatic N) is 2. The lowest BCUT2D eigenvalue weighted by atomic mass is 10.2. The Bertz CT molecular complexity index is 952. The molecule has 0 radical (unpaired) electrons. The Kier molecular flexibility index (Phi) is 5.38. The molecule has 0 aliphatic carbocycles. The van der Waals surface area contributed by atoms with E-state index in [-0.39, 0.29) is 23.9 Å². The predicted molar refractivity (Wildman–Crippen MR) is 94.3 cm³/mol. The zero-order valence-electron chi connectivity index (χ0n) is 13.3. The van der Waals surface area contributed by atoms with Gasteiger partial charge in [0.1, 0.15) is 5.69 Å². The summed E-state index contributed by atoms with van der Waals surface area (Å²) in [5, 5.41) is 5.98. The third-order valence-corrected chi connectivity index (χ3v) is 3.83. The molecule has 8 heteroatoms. The van der Waals surface area contributed by atoms with Gasteiger partial charge in [-0.1, -0.05) is 29.8 Å². The van der Waals surface area contributed by atoms with E-state index in [1.54, 1.807) is 18.2 Å². The number of rotatable bonds is 5. The molecule has 0 aliphatic rings. The first-order chi connectivity index (χ1) is 12.5. The monoisotopic (exact) mass is 374 g/mol. The van der Waals surface area contributed by atoms with Crippen LogP contribution in [0, 0.1) is 11.6 Å². The van der Waals surface area contributed by atoms with Crippen LogP contribution in [0.4, 0.5) is 20.4 Å². The van der Waals surface area contributed by atoms with Gasteiger partial charge in [-0.25, -0.2) is 18.7 Å². The van der Waals surface area contributed by atoms with Gasteiger partial charge >= 0.3 is 0 Å². The average Bonchev–Trinajstić information content (AvgIpc) is 2.64. The maximum atomic E-state index is 13.3. The number of amides is 1. The summed E-state index contributed by atoms with van der Waals surface area (Å²) in [5.41, 5.74) is 1.16. The molecule has 1 amide bonds. The molecule has 3 aromatic rings. The zero-order chi connectivity index (χ0) is 18.5. The highest BCUT2D eigenvalue weighted by Gasteiger charge is 2.10. The van der Waals surface area contributed by atoms with Crippen LogP contribution in [0.15, 0.2) is 54.7 Å². The quantitative estimate of drug-likeness (QED) is 0.706. The van der Waals surface area contributed by atoms with Crippen molar-refractivity contribution in [2.24, 2.45) is 0 Å². The molecule has 0 unspecified atom stereocenters. The SMILES string of the molecule is O=C(NCc1ccccc1Cl)c1ccnc(Nc2ccc(F)c(F)c2)n1. The minimum absolute atomic E-state index is 0.0846. The fraction of sp³-hybridized carbons (Fsp3) is 0.0556. The molecule has 26 heavy (non-hydrogen) atoms. The molecular weight excluding hydrogens is 362 g/mol. The van der Waals surface area contributed by atoms with Crippen molar-refractivity contribution in [3.63, 3.8) is 0 Å². The first-order valence-electron chi connectivity index (χ1n) is 7.59. The Morgan fingerprint density at radius 2 is 1.88 bits per heavy atom. The highest BCUT2D eigenvalue weighted by atomic mass is 35.5. The number of nitrogens with one attached hydrogen (secondary N) is 2. The van der Waals surface area contributed by atoms with Gasteiger partial charge in [0.15, 0.2) is 11.6 Å². The van der Waals surface area contributed by atoms with E-state index in [9.17, 15) is 13.6 Å². The van der Waals surface area contributed by atoms with Crippen LogP contribution >= 0.6 is 11.6 Å². The van der Waals surface area contributed by atoms with E-state index in [2.05, 4.69) is 20.6 Å². The van der Waals surface area contributed by atoms with Crippen molar-refractivity contribution in [3.8, 4) is 0 Å². The predicted octanol–water partition coefficient (Wildman–Crippen LogP) is 4.08. The summed E-state index contributed by atoms with van der Waals surface area (Å²) < 4.78 is 26.2. The van der Waals surface area contributed by atoms with Gasteiger partial charge in [0.25, 0.3) is 5.91 Å². The van der Waals surface area contributed by atoms with Crippen molar-refractivity contribution in [2.75, 3.05) is 5.32 Å². The third kappa shape index (κ3) is 4.31. The van der Waals surface area contributed by atoms with Crippen LogP contribution in [0.1, 0.15) is 16.1 Å². The smallest absolute Gasteiger partial charge is 0.270 e. The molecule has 2 aromatic carbocycles. The highest BCUT2D eigenvalue weighted by Crippen LogP contribution is 2.17. The number of hydrogen-bond acceptors (Lipinski definition) is 4. The van der Waals surface area contributed by atoms with Gasteiger partial charge in [-0.2, -0.15) is 0 Å². The van der Waals surface area contributed by atoms with Crippen molar-refractivity contribution in [2.45, 2.75) is 6.54 Å². The first-order valence-corrected chi connectivity index (χ1v) is 7.97. The molecule has 5 nitrogen and oxygen atoms in total. The zero-order valence-corrected chi connectivity index (χ0v) is 14.1. The summed E-state index contributed by atoms with van der Waals surface area (Å²) in [4.78, 5) is 20.3. The highest BCUT2D eigenvalue weighted by molar-refractivity contribution is 6.31. The van der Waals surface area contributed by atoms with Crippen LogP contribution in [0.3, 0.4) is 0 Å². The molecule has 3 rings (SSSR count). The van der Waals surface area contributed by atoms with Crippen LogP contribution in [-0.4, -0.2) is 15.9 Å². The molecule has 132 valence electrons. The van der Waals surface area contributed by atoms with Gasteiger partial charge in [-0.05, 0) is 29.8 Å². The second-order valence-electron chi connectivity index (χ2n) is 5.29. The van der Waals surface area contributed by atoms with Crippen molar-refractivity contribution >= 4 is 29.1 Å². The molecule has 0 bridgehead atoms. The Morgan fingerprint density at radius 3 is 2.65 bits per heavy atom. The van der Waals surface area contributed by atoms with E-state index in [1.807, 2.05) is 6.07 Å². The Morgan fingerprint density at radius 1 is 1.08 bits per heavy atom. The topological polar surface area (TPSA) is 66.9 Å². The molecule has 0 saturated carbocycles. The van der Waals surface area contributed by atoms with Crippen LogP contribution in [0.25, 0.3) is 0 Å². The van der Waals surface area contributed by atoms with E-state index < -0.39 is 17.5 Å². The summed E-state index contributed by atoms with van der Waals surface area (Å²) in [5.74, 6) is -2.28. The summed E-state index contributed by atoms with van der Waals surface area (Å²) in [6, 6.07) is 11.9. The number of benzene rings is 2. The molecule has 0 fully saturated rings. The number of halogens is 3. The first kappa shape index (κ1) is 17.8. The van der Waals surface area contributed by atoms with Gasteiger partial charge < -0.3 is 10.6 Å². The molecule has 0 spiro atoms. The minimum atomic E-state index is -0.997. The lowest BCUT2D eigenvalue weighted by molar-refractivity contribution is 0.0946. The molecule has 2 N–H and O–H groups in total. The number of carbonyl (C=O) groups excluding carboxylic acids is 1. The average molecular weight is 375 g/mol. The Hall–Kier alpha value is -3.06. The maximum Gasteiger partial charge on any atom is 0.270 e. The molecule has 0 aliphatic heterocycles. The second-order valence-corrected chi connectivity index (χ2v) is 5.70. The van der Waals surface area contributed by atoms with Crippen LogP contribution in [0.2, 0.25) is 5.02 Å². The van der Waals surface area contributed by atoms with Crippen LogP contribution in [-0.2, 0) is 6.54 Å². The molecule has 0 atom stereocenters. The summed E-state index contributed by atoms with van der Waals surface area (Å²) in [6.45, 7) is 0.244. The molecule has 1 aromatic heterocycles. The maximum absolute atomic E-state index is 13.3. The lowest BCUT2D eigenvalue weighted by Crippen LogP contribution is -2.24. The van der Waals surface area contributed by atoms with Gasteiger partial charge in [-0.3, -0.25) is 4.79 Å². The van der Waals surface area contributed by atoms with E-state index in [1.165, 1.54) is 18.3 Å². The largest absolute Gasteiger partial charge is 0.347 e. The normalized spacial score (nSPS) is 10.4. The Labute approximate surface area is 153 Å². The van der Waals surface area contributed by atoms with Gasteiger partial charge in [0.2, 0.25) is 5.95 Å². The number of aromatic nitrogens is 2. The fourth-order valence-corrected chi connectivity index (χ4v) is 2.36. The molecule has 0 saturated heterocycles. The third-order valence-electron chi connectivity index (χ3n) is 3.46. The number of anilines is 2.